The maximum Gasteiger partial charge on any atom is 0.130 e. The zero-order chi connectivity index (χ0) is 16.1. The summed E-state index contributed by atoms with van der Waals surface area (Å²) in [6.07, 6.45) is 4.44. The number of hydrogen-bond donors (Lipinski definition) is 1. The Hall–Kier alpha value is -1.27. The van der Waals surface area contributed by atoms with Gasteiger partial charge in [0.05, 0.1) is 4.21 Å². The van der Waals surface area contributed by atoms with E-state index < -0.39 is 0 Å². The molecule has 1 aliphatic rings. The summed E-state index contributed by atoms with van der Waals surface area (Å²) in [4.78, 5) is 3.48. The third-order valence-corrected chi connectivity index (χ3v) is 6.12. The van der Waals surface area contributed by atoms with Gasteiger partial charge in [-0.3, -0.25) is 4.90 Å². The largest absolute Gasteiger partial charge is 0.507 e. The highest BCUT2D eigenvalue weighted by atomic mass is 32.2. The van der Waals surface area contributed by atoms with Crippen molar-refractivity contribution in [1.29, 1.82) is 0 Å². The summed E-state index contributed by atoms with van der Waals surface area (Å²) in [6.45, 7) is 7.25. The Morgan fingerprint density at radius 1 is 1.17 bits per heavy atom. The van der Waals surface area contributed by atoms with Crippen molar-refractivity contribution in [3.8, 4) is 5.75 Å². The van der Waals surface area contributed by atoms with E-state index in [1.54, 1.807) is 23.3 Å². The number of aromatic hydroxyl groups is 1. The van der Waals surface area contributed by atoms with E-state index in [1.165, 1.54) is 9.77 Å². The fraction of sp³-hybridized carbons (Fsp3) is 0.333. The first-order chi connectivity index (χ1) is 11.2. The third-order valence-electron chi connectivity index (χ3n) is 3.89. The number of nitrogens with zero attached hydrogens (tertiary/aromatic N) is 2. The molecule has 0 unspecified atom stereocenters. The molecule has 3 rings (SSSR count). The first-order valence-corrected chi connectivity index (χ1v) is 9.46. The van der Waals surface area contributed by atoms with Crippen LogP contribution in [-0.4, -0.2) is 47.0 Å². The fourth-order valence-corrected chi connectivity index (χ4v) is 4.76. The minimum Gasteiger partial charge on any atom is -0.507 e. The van der Waals surface area contributed by atoms with Crippen LogP contribution in [0.15, 0.2) is 46.7 Å². The summed E-state index contributed by atoms with van der Waals surface area (Å²) in [7, 11) is 0. The van der Waals surface area contributed by atoms with Crippen molar-refractivity contribution < 1.29 is 5.11 Å². The summed E-state index contributed by atoms with van der Waals surface area (Å²) in [6, 6.07) is 12.3. The molecule has 122 valence electrons. The number of benzene rings is 1. The number of thiophene rings is 1. The Kier molecular flexibility index (Phi) is 5.78. The van der Waals surface area contributed by atoms with Gasteiger partial charge in [-0.2, -0.15) is 0 Å². The molecule has 0 amide bonds. The van der Waals surface area contributed by atoms with E-state index in [0.717, 1.165) is 37.6 Å². The maximum atomic E-state index is 9.67. The Morgan fingerprint density at radius 2 is 1.91 bits per heavy atom. The Bertz CT molecular complexity index is 627. The van der Waals surface area contributed by atoms with Gasteiger partial charge in [-0.1, -0.05) is 42.5 Å². The molecule has 0 bridgehead atoms. The molecule has 1 aromatic carbocycles. The molecule has 0 atom stereocenters. The van der Waals surface area contributed by atoms with Crippen LogP contribution in [0.3, 0.4) is 0 Å². The SMILES string of the molecule is Cc1sc(SN2CCN(C/C=C/c3ccccc3)CC2)cc1O. The standard InChI is InChI=1S/C18H22N2OS2/c1-15-17(21)14-18(22-15)23-20-12-10-19(11-13-20)9-5-8-16-6-3-2-4-7-16/h2-8,14,21H,9-13H2,1H3/b8-5+. The Labute approximate surface area is 146 Å². The lowest BCUT2D eigenvalue weighted by Crippen LogP contribution is -2.43. The van der Waals surface area contributed by atoms with Gasteiger partial charge in [0.2, 0.25) is 0 Å². The second-order valence-corrected chi connectivity index (χ2v) is 8.29. The van der Waals surface area contributed by atoms with Crippen LogP contribution in [0.4, 0.5) is 0 Å². The van der Waals surface area contributed by atoms with Gasteiger partial charge in [-0.05, 0) is 24.4 Å². The molecule has 1 aliphatic heterocycles. The van der Waals surface area contributed by atoms with Crippen molar-refractivity contribution in [2.45, 2.75) is 11.1 Å². The van der Waals surface area contributed by atoms with Gasteiger partial charge in [0, 0.05) is 43.7 Å². The molecule has 0 spiro atoms. The lowest BCUT2D eigenvalue weighted by atomic mass is 10.2. The minimum atomic E-state index is 0.419. The lowest BCUT2D eigenvalue weighted by molar-refractivity contribution is 0.214. The molecule has 0 aliphatic carbocycles. The van der Waals surface area contributed by atoms with Gasteiger partial charge in [-0.25, -0.2) is 4.31 Å². The second-order valence-electron chi connectivity index (χ2n) is 5.64. The maximum absolute atomic E-state index is 9.67. The summed E-state index contributed by atoms with van der Waals surface area (Å²) in [5.41, 5.74) is 1.26. The van der Waals surface area contributed by atoms with Crippen molar-refractivity contribution in [2.24, 2.45) is 0 Å². The molecule has 5 heteroatoms. The van der Waals surface area contributed by atoms with Crippen molar-refractivity contribution in [3.05, 3.63) is 52.9 Å². The van der Waals surface area contributed by atoms with Crippen molar-refractivity contribution in [1.82, 2.24) is 9.21 Å². The number of aryl methyl sites for hydroxylation is 1. The van der Waals surface area contributed by atoms with Crippen LogP contribution in [0.5, 0.6) is 5.75 Å². The molecule has 0 radical (unpaired) electrons. The molecular formula is C18H22N2OS2. The second kappa shape index (κ2) is 8.02. The molecule has 3 nitrogen and oxygen atoms in total. The Balaban J connectivity index is 1.42. The third kappa shape index (κ3) is 4.85. The van der Waals surface area contributed by atoms with E-state index in [2.05, 4.69) is 45.6 Å². The van der Waals surface area contributed by atoms with E-state index in [9.17, 15) is 5.11 Å². The van der Waals surface area contributed by atoms with Crippen LogP contribution in [0.2, 0.25) is 0 Å². The van der Waals surface area contributed by atoms with E-state index in [1.807, 2.05) is 19.1 Å². The van der Waals surface area contributed by atoms with Crippen LogP contribution in [-0.2, 0) is 0 Å². The first-order valence-electron chi connectivity index (χ1n) is 7.87. The summed E-state index contributed by atoms with van der Waals surface area (Å²) in [5, 5.41) is 9.67. The highest BCUT2D eigenvalue weighted by Gasteiger charge is 2.18. The predicted octanol–water partition coefficient (Wildman–Crippen LogP) is 4.10. The van der Waals surface area contributed by atoms with Crippen LogP contribution in [0.1, 0.15) is 10.4 Å². The molecule has 1 aromatic heterocycles. The number of hydrogen-bond acceptors (Lipinski definition) is 5. The highest BCUT2D eigenvalue weighted by molar-refractivity contribution is 7.99. The van der Waals surface area contributed by atoms with Gasteiger partial charge in [0.1, 0.15) is 5.75 Å². The van der Waals surface area contributed by atoms with Crippen LogP contribution >= 0.6 is 23.3 Å². The van der Waals surface area contributed by atoms with E-state index in [4.69, 9.17) is 0 Å². The van der Waals surface area contributed by atoms with Gasteiger partial charge in [-0.15, -0.1) is 11.3 Å². The molecule has 1 fully saturated rings. The van der Waals surface area contributed by atoms with E-state index in [0.29, 0.717) is 5.75 Å². The normalized spacial score (nSPS) is 17.1. The molecule has 23 heavy (non-hydrogen) atoms. The smallest absolute Gasteiger partial charge is 0.130 e. The molecular weight excluding hydrogens is 324 g/mol. The zero-order valence-corrected chi connectivity index (χ0v) is 14.9. The summed E-state index contributed by atoms with van der Waals surface area (Å²) in [5.74, 6) is 0.419. The molecule has 0 saturated carbocycles. The molecule has 2 heterocycles. The lowest BCUT2D eigenvalue weighted by Gasteiger charge is -2.32. The minimum absolute atomic E-state index is 0.419. The summed E-state index contributed by atoms with van der Waals surface area (Å²) < 4.78 is 3.57. The molecule has 1 N–H and O–H groups in total. The number of rotatable bonds is 5. The van der Waals surface area contributed by atoms with Crippen LogP contribution in [0.25, 0.3) is 6.08 Å². The van der Waals surface area contributed by atoms with Crippen LogP contribution < -0.4 is 0 Å². The topological polar surface area (TPSA) is 26.7 Å². The van der Waals surface area contributed by atoms with Crippen LogP contribution in [0, 0.1) is 6.92 Å². The van der Waals surface area contributed by atoms with Gasteiger partial charge in [0.25, 0.3) is 0 Å². The average molecular weight is 347 g/mol. The number of piperazine rings is 1. The van der Waals surface area contributed by atoms with Crippen molar-refractivity contribution >= 4 is 29.4 Å². The summed E-state index contributed by atoms with van der Waals surface area (Å²) >= 11 is 3.44. The fourth-order valence-electron chi connectivity index (χ4n) is 2.52. The molecule has 1 saturated heterocycles. The molecule has 2 aromatic rings. The van der Waals surface area contributed by atoms with Gasteiger partial charge < -0.3 is 5.11 Å². The van der Waals surface area contributed by atoms with Gasteiger partial charge in [0.15, 0.2) is 0 Å². The Morgan fingerprint density at radius 3 is 2.57 bits per heavy atom. The van der Waals surface area contributed by atoms with Crippen molar-refractivity contribution in [2.75, 3.05) is 32.7 Å². The first kappa shape index (κ1) is 16.6. The quantitative estimate of drug-likeness (QED) is 0.825. The van der Waals surface area contributed by atoms with Gasteiger partial charge >= 0.3 is 0 Å². The monoisotopic (exact) mass is 346 g/mol. The van der Waals surface area contributed by atoms with E-state index >= 15 is 0 Å². The van der Waals surface area contributed by atoms with Crippen molar-refractivity contribution in [3.63, 3.8) is 0 Å². The zero-order valence-electron chi connectivity index (χ0n) is 13.3. The highest BCUT2D eigenvalue weighted by Crippen LogP contribution is 2.36. The van der Waals surface area contributed by atoms with E-state index in [-0.39, 0.29) is 0 Å². The average Bonchev–Trinajstić information content (AvgIpc) is 2.88. The predicted molar refractivity (Wildman–Crippen MR) is 100 cm³/mol.